The van der Waals surface area contributed by atoms with Crippen molar-refractivity contribution in [3.05, 3.63) is 21.0 Å². The average Bonchev–Trinajstić information content (AvgIpc) is 2.10. The van der Waals surface area contributed by atoms with E-state index >= 15 is 0 Å². The van der Waals surface area contributed by atoms with Crippen molar-refractivity contribution in [2.75, 3.05) is 0 Å². The van der Waals surface area contributed by atoms with Crippen LogP contribution in [0.4, 0.5) is 22.0 Å². The topological polar surface area (TPSA) is 59.4 Å². The van der Waals surface area contributed by atoms with Crippen molar-refractivity contribution in [2.24, 2.45) is 0 Å². The van der Waals surface area contributed by atoms with Crippen LogP contribution in [0.3, 0.4) is 0 Å². The standard InChI is InChI=1S/C9H5F5INO3/c10-8(11)7-3(1-6(17)18)16-5(15)2-4(7)19-9(12,13)14/h2,8H,1H2,(H,17,18). The largest absolute Gasteiger partial charge is 0.573 e. The number of hydrogen-bond donors (Lipinski definition) is 1. The third-order valence-electron chi connectivity index (χ3n) is 1.83. The lowest BCUT2D eigenvalue weighted by Gasteiger charge is -2.15. The lowest BCUT2D eigenvalue weighted by atomic mass is 10.1. The average molecular weight is 397 g/mol. The molecule has 10 heteroatoms. The number of rotatable bonds is 4. The highest BCUT2D eigenvalue weighted by atomic mass is 127. The Kier molecular flexibility index (Phi) is 4.87. The molecule has 0 saturated heterocycles. The van der Waals surface area contributed by atoms with Crippen LogP contribution in [0.15, 0.2) is 6.07 Å². The van der Waals surface area contributed by atoms with Gasteiger partial charge in [-0.3, -0.25) is 4.79 Å². The van der Waals surface area contributed by atoms with E-state index in [-0.39, 0.29) is 3.70 Å². The van der Waals surface area contributed by atoms with Gasteiger partial charge in [0.1, 0.15) is 9.45 Å². The van der Waals surface area contributed by atoms with Gasteiger partial charge < -0.3 is 9.84 Å². The number of aliphatic carboxylic acids is 1. The lowest BCUT2D eigenvalue weighted by molar-refractivity contribution is -0.275. The summed E-state index contributed by atoms with van der Waals surface area (Å²) in [5, 5.41) is 8.54. The molecular formula is C9H5F5INO3. The molecule has 0 saturated carbocycles. The molecule has 1 heterocycles. The third kappa shape index (κ3) is 4.76. The van der Waals surface area contributed by atoms with Gasteiger partial charge in [0.15, 0.2) is 0 Å². The molecule has 1 N–H and O–H groups in total. The van der Waals surface area contributed by atoms with Gasteiger partial charge in [-0.25, -0.2) is 13.8 Å². The summed E-state index contributed by atoms with van der Waals surface area (Å²) < 4.78 is 65.2. The Morgan fingerprint density at radius 2 is 2.05 bits per heavy atom. The summed E-state index contributed by atoms with van der Waals surface area (Å²) in [6, 6.07) is 0.668. The first-order valence-electron chi connectivity index (χ1n) is 4.55. The molecule has 0 radical (unpaired) electrons. The molecule has 0 bridgehead atoms. The summed E-state index contributed by atoms with van der Waals surface area (Å²) in [6.45, 7) is 0. The Morgan fingerprint density at radius 3 is 2.47 bits per heavy atom. The Morgan fingerprint density at radius 1 is 1.47 bits per heavy atom. The zero-order valence-corrected chi connectivity index (χ0v) is 11.0. The van der Waals surface area contributed by atoms with Crippen molar-refractivity contribution >= 4 is 28.6 Å². The quantitative estimate of drug-likeness (QED) is 0.482. The molecule has 19 heavy (non-hydrogen) atoms. The normalized spacial score (nSPS) is 11.7. The van der Waals surface area contributed by atoms with Crippen molar-refractivity contribution < 1.29 is 36.6 Å². The third-order valence-corrected chi connectivity index (χ3v) is 2.38. The van der Waals surface area contributed by atoms with Gasteiger partial charge in [0, 0.05) is 6.07 Å². The zero-order valence-electron chi connectivity index (χ0n) is 8.84. The van der Waals surface area contributed by atoms with Gasteiger partial charge in [-0.2, -0.15) is 0 Å². The van der Waals surface area contributed by atoms with Gasteiger partial charge in [0.05, 0.1) is 17.7 Å². The maximum atomic E-state index is 12.8. The molecular weight excluding hydrogens is 392 g/mol. The molecule has 0 aliphatic carbocycles. The molecule has 0 fully saturated rings. The number of carboxylic acids is 1. The van der Waals surface area contributed by atoms with E-state index in [0.29, 0.717) is 6.07 Å². The van der Waals surface area contributed by atoms with Crippen LogP contribution in [0.25, 0.3) is 0 Å². The fourth-order valence-electron chi connectivity index (χ4n) is 1.27. The summed E-state index contributed by atoms with van der Waals surface area (Å²) in [6.07, 6.45) is -9.42. The monoisotopic (exact) mass is 397 g/mol. The molecule has 0 amide bonds. The van der Waals surface area contributed by atoms with Crippen LogP contribution in [0.1, 0.15) is 17.7 Å². The van der Waals surface area contributed by atoms with Crippen molar-refractivity contribution in [2.45, 2.75) is 19.2 Å². The minimum Gasteiger partial charge on any atom is -0.481 e. The predicted molar refractivity (Wildman–Crippen MR) is 59.9 cm³/mol. The molecule has 4 nitrogen and oxygen atoms in total. The highest BCUT2D eigenvalue weighted by molar-refractivity contribution is 14.1. The van der Waals surface area contributed by atoms with Crippen LogP contribution < -0.4 is 4.74 Å². The molecule has 0 unspecified atom stereocenters. The first-order valence-corrected chi connectivity index (χ1v) is 5.63. The Bertz CT molecular complexity index is 491. The number of alkyl halides is 5. The van der Waals surface area contributed by atoms with E-state index in [1.807, 2.05) is 0 Å². The molecule has 0 aliphatic heterocycles. The van der Waals surface area contributed by atoms with Crippen molar-refractivity contribution in [3.63, 3.8) is 0 Å². The summed E-state index contributed by atoms with van der Waals surface area (Å²) in [4.78, 5) is 14.0. The fraction of sp³-hybridized carbons (Fsp3) is 0.333. The van der Waals surface area contributed by atoms with Crippen LogP contribution in [-0.2, 0) is 11.2 Å². The number of pyridine rings is 1. The van der Waals surface area contributed by atoms with E-state index in [1.165, 1.54) is 22.6 Å². The maximum absolute atomic E-state index is 12.8. The van der Waals surface area contributed by atoms with E-state index in [4.69, 9.17) is 5.11 Å². The highest BCUT2D eigenvalue weighted by Gasteiger charge is 2.35. The van der Waals surface area contributed by atoms with Crippen LogP contribution in [0.2, 0.25) is 0 Å². The second-order valence-electron chi connectivity index (χ2n) is 3.22. The first-order chi connectivity index (χ1) is 8.60. The van der Waals surface area contributed by atoms with Crippen LogP contribution >= 0.6 is 22.6 Å². The first kappa shape index (κ1) is 15.9. The maximum Gasteiger partial charge on any atom is 0.573 e. The van der Waals surface area contributed by atoms with Gasteiger partial charge in [0.25, 0.3) is 6.43 Å². The minimum atomic E-state index is -5.16. The number of nitrogens with zero attached hydrogens (tertiary/aromatic N) is 1. The zero-order chi connectivity index (χ0) is 14.8. The minimum absolute atomic E-state index is 0.0856. The molecule has 0 aliphatic rings. The SMILES string of the molecule is O=C(O)Cc1nc(I)cc(OC(F)(F)F)c1C(F)F. The number of carbonyl (C=O) groups is 1. The Hall–Kier alpha value is -1.20. The summed E-state index contributed by atoms with van der Waals surface area (Å²) in [5.41, 5.74) is -1.83. The van der Waals surface area contributed by atoms with Crippen LogP contribution in [0, 0.1) is 3.70 Å². The van der Waals surface area contributed by atoms with E-state index < -0.39 is 42.2 Å². The second-order valence-corrected chi connectivity index (χ2v) is 4.33. The lowest BCUT2D eigenvalue weighted by Crippen LogP contribution is -2.20. The number of carboxylic acid groups (broad SMARTS) is 1. The van der Waals surface area contributed by atoms with Crippen molar-refractivity contribution in [1.29, 1.82) is 0 Å². The van der Waals surface area contributed by atoms with E-state index in [1.54, 1.807) is 0 Å². The van der Waals surface area contributed by atoms with Gasteiger partial charge in [0.2, 0.25) is 0 Å². The number of halogens is 6. The molecule has 1 aromatic heterocycles. The van der Waals surface area contributed by atoms with Crippen LogP contribution in [0.5, 0.6) is 5.75 Å². The summed E-state index contributed by atoms with van der Waals surface area (Å²) in [5.74, 6) is -2.63. The number of hydrogen-bond acceptors (Lipinski definition) is 3. The van der Waals surface area contributed by atoms with Gasteiger partial charge in [-0.15, -0.1) is 13.2 Å². The van der Waals surface area contributed by atoms with E-state index in [2.05, 4.69) is 9.72 Å². The highest BCUT2D eigenvalue weighted by Crippen LogP contribution is 2.35. The van der Waals surface area contributed by atoms with Gasteiger partial charge in [-0.05, 0) is 22.6 Å². The van der Waals surface area contributed by atoms with Crippen molar-refractivity contribution in [3.8, 4) is 5.75 Å². The molecule has 0 spiro atoms. The molecule has 1 rings (SSSR count). The van der Waals surface area contributed by atoms with E-state index in [0.717, 1.165) is 0 Å². The Balaban J connectivity index is 3.35. The number of aromatic nitrogens is 1. The molecule has 0 aromatic carbocycles. The summed E-state index contributed by atoms with van der Waals surface area (Å²) in [7, 11) is 0. The van der Waals surface area contributed by atoms with Gasteiger partial charge >= 0.3 is 12.3 Å². The Labute approximate surface area is 116 Å². The smallest absolute Gasteiger partial charge is 0.481 e. The second kappa shape index (κ2) is 5.84. The van der Waals surface area contributed by atoms with E-state index in [9.17, 15) is 26.7 Å². The summed E-state index contributed by atoms with van der Waals surface area (Å²) >= 11 is 1.47. The van der Waals surface area contributed by atoms with Crippen molar-refractivity contribution in [1.82, 2.24) is 4.98 Å². The fourth-order valence-corrected chi connectivity index (χ4v) is 1.84. The molecule has 0 atom stereocenters. The molecule has 1 aromatic rings. The predicted octanol–water partition coefficient (Wildman–Crippen LogP) is 3.15. The molecule has 106 valence electrons. The van der Waals surface area contributed by atoms with Gasteiger partial charge in [-0.1, -0.05) is 0 Å². The number of ether oxygens (including phenoxy) is 1. The van der Waals surface area contributed by atoms with Crippen LogP contribution in [-0.4, -0.2) is 22.4 Å².